The molecule has 0 aromatic heterocycles. The summed E-state index contributed by atoms with van der Waals surface area (Å²) in [7, 11) is 3.55. The van der Waals surface area contributed by atoms with Gasteiger partial charge in [0.1, 0.15) is 5.75 Å². The molecule has 7 heteroatoms. The molecule has 2 rings (SSSR count). The summed E-state index contributed by atoms with van der Waals surface area (Å²) in [5.41, 5.74) is 0. The lowest BCUT2D eigenvalue weighted by Crippen LogP contribution is -2.42. The van der Waals surface area contributed by atoms with Gasteiger partial charge in [-0.05, 0) is 62.9 Å². The van der Waals surface area contributed by atoms with E-state index in [0.29, 0.717) is 16.9 Å². The Morgan fingerprint density at radius 1 is 1.10 bits per heavy atom. The molecule has 0 bridgehead atoms. The second-order valence-corrected chi connectivity index (χ2v) is 7.95. The smallest absolute Gasteiger partial charge is 0.410 e. The zero-order chi connectivity index (χ0) is 21.1. The fourth-order valence-electron chi connectivity index (χ4n) is 3.61. The number of benzene rings is 1. The number of carbonyl (C=O) groups excluding carboxylic acids is 1. The van der Waals surface area contributed by atoms with Crippen LogP contribution in [0.5, 0.6) is 5.75 Å². The number of hydrogen-bond acceptors (Lipinski definition) is 5. The van der Waals surface area contributed by atoms with E-state index in [0.717, 1.165) is 65.0 Å². The lowest BCUT2D eigenvalue weighted by atomic mass is 9.92. The van der Waals surface area contributed by atoms with E-state index in [2.05, 4.69) is 11.8 Å². The van der Waals surface area contributed by atoms with Crippen molar-refractivity contribution >= 4 is 17.7 Å². The summed E-state index contributed by atoms with van der Waals surface area (Å²) in [6, 6.07) is 7.02. The SMILES string of the molecule is CCN(CCCOC1CCC(N(C)C(=O)Oc2ccc(Cl)cc2)CC1)CCOC. The average Bonchev–Trinajstić information content (AvgIpc) is 2.74. The first-order chi connectivity index (χ1) is 14.0. The van der Waals surface area contributed by atoms with Crippen molar-refractivity contribution in [3.05, 3.63) is 29.3 Å². The summed E-state index contributed by atoms with van der Waals surface area (Å²) in [6.45, 7) is 6.77. The molecule has 0 spiro atoms. The van der Waals surface area contributed by atoms with E-state index in [1.807, 2.05) is 7.05 Å². The highest BCUT2D eigenvalue weighted by atomic mass is 35.5. The van der Waals surface area contributed by atoms with Gasteiger partial charge < -0.3 is 24.0 Å². The van der Waals surface area contributed by atoms with Gasteiger partial charge in [0.15, 0.2) is 0 Å². The monoisotopic (exact) mass is 426 g/mol. The topological polar surface area (TPSA) is 51.2 Å². The Morgan fingerprint density at radius 2 is 1.79 bits per heavy atom. The predicted molar refractivity (Wildman–Crippen MR) is 116 cm³/mol. The summed E-state index contributed by atoms with van der Waals surface area (Å²) < 4.78 is 16.7. The van der Waals surface area contributed by atoms with Crippen LogP contribution in [0.25, 0.3) is 0 Å². The van der Waals surface area contributed by atoms with Crippen LogP contribution in [-0.4, -0.2) is 75.0 Å². The fraction of sp³-hybridized carbons (Fsp3) is 0.682. The molecule has 0 heterocycles. The van der Waals surface area contributed by atoms with Crippen LogP contribution in [-0.2, 0) is 9.47 Å². The van der Waals surface area contributed by atoms with Crippen molar-refractivity contribution in [3.8, 4) is 5.75 Å². The van der Waals surface area contributed by atoms with Crippen molar-refractivity contribution in [2.24, 2.45) is 0 Å². The molecule has 0 atom stereocenters. The second kappa shape index (κ2) is 13.1. The van der Waals surface area contributed by atoms with Gasteiger partial charge in [-0.3, -0.25) is 0 Å². The first-order valence-electron chi connectivity index (χ1n) is 10.6. The fourth-order valence-corrected chi connectivity index (χ4v) is 3.74. The number of halogens is 1. The van der Waals surface area contributed by atoms with E-state index in [4.69, 9.17) is 25.8 Å². The van der Waals surface area contributed by atoms with Crippen LogP contribution in [0.2, 0.25) is 5.02 Å². The number of ether oxygens (including phenoxy) is 3. The van der Waals surface area contributed by atoms with Gasteiger partial charge in [-0.2, -0.15) is 0 Å². The standard InChI is InChI=1S/C22H35ClN2O4/c1-4-25(15-17-27-3)14-5-16-28-20-12-8-19(9-13-20)24(2)22(26)29-21-10-6-18(23)7-11-21/h6-7,10-11,19-20H,4-5,8-9,12-17H2,1-3H3. The van der Waals surface area contributed by atoms with Crippen molar-refractivity contribution in [2.75, 3.05) is 47.0 Å². The van der Waals surface area contributed by atoms with E-state index in [1.54, 1.807) is 36.3 Å². The molecule has 0 saturated heterocycles. The van der Waals surface area contributed by atoms with Crippen LogP contribution in [0.4, 0.5) is 4.79 Å². The number of amides is 1. The molecule has 0 unspecified atom stereocenters. The van der Waals surface area contributed by atoms with Crippen LogP contribution in [0.1, 0.15) is 39.0 Å². The number of rotatable bonds is 11. The molecule has 0 radical (unpaired) electrons. The van der Waals surface area contributed by atoms with E-state index in [-0.39, 0.29) is 12.1 Å². The average molecular weight is 427 g/mol. The third-order valence-corrected chi connectivity index (χ3v) is 5.78. The molecule has 1 amide bonds. The minimum atomic E-state index is -0.326. The Hall–Kier alpha value is -1.34. The summed E-state index contributed by atoms with van der Waals surface area (Å²) in [6.07, 6.45) is 4.82. The molecule has 1 aromatic carbocycles. The molecule has 1 aromatic rings. The van der Waals surface area contributed by atoms with Crippen molar-refractivity contribution in [1.82, 2.24) is 9.80 Å². The molecular weight excluding hydrogens is 392 g/mol. The van der Waals surface area contributed by atoms with Crippen molar-refractivity contribution < 1.29 is 19.0 Å². The maximum atomic E-state index is 12.4. The predicted octanol–water partition coefficient (Wildman–Crippen LogP) is 4.46. The van der Waals surface area contributed by atoms with Crippen LogP contribution in [0.3, 0.4) is 0 Å². The van der Waals surface area contributed by atoms with Crippen LogP contribution < -0.4 is 4.74 Å². The summed E-state index contributed by atoms with van der Waals surface area (Å²) in [5.74, 6) is 0.509. The van der Waals surface area contributed by atoms with Crippen molar-refractivity contribution in [1.29, 1.82) is 0 Å². The Labute approximate surface area is 180 Å². The number of carbonyl (C=O) groups is 1. The minimum Gasteiger partial charge on any atom is -0.410 e. The highest BCUT2D eigenvalue weighted by Gasteiger charge is 2.28. The maximum Gasteiger partial charge on any atom is 0.415 e. The Morgan fingerprint density at radius 3 is 2.41 bits per heavy atom. The zero-order valence-electron chi connectivity index (χ0n) is 17.9. The van der Waals surface area contributed by atoms with Gasteiger partial charge in [0.2, 0.25) is 0 Å². The van der Waals surface area contributed by atoms with E-state index >= 15 is 0 Å². The highest BCUT2D eigenvalue weighted by molar-refractivity contribution is 6.30. The number of likely N-dealkylation sites (N-methyl/N-ethyl adjacent to an activating group) is 1. The van der Waals surface area contributed by atoms with Gasteiger partial charge >= 0.3 is 6.09 Å². The molecule has 29 heavy (non-hydrogen) atoms. The van der Waals surface area contributed by atoms with Gasteiger partial charge in [-0.15, -0.1) is 0 Å². The highest BCUT2D eigenvalue weighted by Crippen LogP contribution is 2.25. The Balaban J connectivity index is 1.63. The Kier molecular flexibility index (Phi) is 10.8. The quantitative estimate of drug-likeness (QED) is 0.489. The van der Waals surface area contributed by atoms with E-state index in [1.165, 1.54) is 0 Å². The van der Waals surface area contributed by atoms with Gasteiger partial charge in [0.25, 0.3) is 0 Å². The largest absolute Gasteiger partial charge is 0.415 e. The summed E-state index contributed by atoms with van der Waals surface area (Å²) in [5, 5.41) is 0.619. The zero-order valence-corrected chi connectivity index (χ0v) is 18.7. The van der Waals surface area contributed by atoms with Crippen LogP contribution in [0, 0.1) is 0 Å². The third kappa shape index (κ3) is 8.51. The summed E-state index contributed by atoms with van der Waals surface area (Å²) >= 11 is 5.86. The van der Waals surface area contributed by atoms with Crippen molar-refractivity contribution in [2.45, 2.75) is 51.2 Å². The second-order valence-electron chi connectivity index (χ2n) is 7.51. The van der Waals surface area contributed by atoms with Gasteiger partial charge in [-0.25, -0.2) is 4.79 Å². The molecule has 0 N–H and O–H groups in total. The first-order valence-corrected chi connectivity index (χ1v) is 10.9. The molecule has 1 saturated carbocycles. The normalized spacial score (nSPS) is 19.3. The van der Waals surface area contributed by atoms with Gasteiger partial charge in [0.05, 0.1) is 12.7 Å². The lowest BCUT2D eigenvalue weighted by Gasteiger charge is -2.34. The van der Waals surface area contributed by atoms with Crippen LogP contribution >= 0.6 is 11.6 Å². The van der Waals surface area contributed by atoms with E-state index in [9.17, 15) is 4.79 Å². The Bertz CT molecular complexity index is 591. The first kappa shape index (κ1) is 23.9. The lowest BCUT2D eigenvalue weighted by molar-refractivity contribution is 0.00794. The van der Waals surface area contributed by atoms with E-state index < -0.39 is 0 Å². The minimum absolute atomic E-state index is 0.194. The molecule has 0 aliphatic heterocycles. The molecular formula is C22H35ClN2O4. The molecule has 1 aliphatic carbocycles. The van der Waals surface area contributed by atoms with Gasteiger partial charge in [0, 0.05) is 44.9 Å². The molecule has 164 valence electrons. The number of nitrogens with zero attached hydrogens (tertiary/aromatic N) is 2. The van der Waals surface area contributed by atoms with Crippen molar-refractivity contribution in [3.63, 3.8) is 0 Å². The number of methoxy groups -OCH3 is 1. The molecule has 1 aliphatic rings. The number of hydrogen-bond donors (Lipinski definition) is 0. The maximum absolute atomic E-state index is 12.4. The molecule has 1 fully saturated rings. The van der Waals surface area contributed by atoms with Gasteiger partial charge in [-0.1, -0.05) is 18.5 Å². The van der Waals surface area contributed by atoms with Crippen LogP contribution in [0.15, 0.2) is 24.3 Å². The third-order valence-electron chi connectivity index (χ3n) is 5.53. The molecule has 6 nitrogen and oxygen atoms in total. The summed E-state index contributed by atoms with van der Waals surface area (Å²) in [4.78, 5) is 16.5.